The van der Waals surface area contributed by atoms with E-state index in [0.717, 1.165) is 0 Å². The van der Waals surface area contributed by atoms with E-state index in [1.54, 1.807) is 0 Å². The zero-order valence-corrected chi connectivity index (χ0v) is 35.3. The Balaban J connectivity index is -0.00000000633. The van der Waals surface area contributed by atoms with Gasteiger partial charge in [-0.05, 0) is 0 Å². The molecule has 0 bridgehead atoms. The van der Waals surface area contributed by atoms with Gasteiger partial charge in [-0.2, -0.15) is 0 Å². The molecule has 0 fully saturated rings. The van der Waals surface area contributed by atoms with Gasteiger partial charge in [0.1, 0.15) is 0 Å². The molecule has 0 aromatic heterocycles. The van der Waals surface area contributed by atoms with Crippen LogP contribution in [0.4, 0.5) is 28.2 Å². The third kappa shape index (κ3) is 1720. The topological polar surface area (TPSA) is 379 Å². The summed E-state index contributed by atoms with van der Waals surface area (Å²) < 4.78 is 155. The molecule has 0 aliphatic rings. The first kappa shape index (κ1) is 123. The zero-order chi connectivity index (χ0) is 21.5. The molecule has 0 spiro atoms. The summed E-state index contributed by atoms with van der Waals surface area (Å²) in [5.74, 6) is 0. The third-order valence-corrected chi connectivity index (χ3v) is 0. The Morgan fingerprint density at radius 1 is 0.222 bits per heavy atom. The monoisotopic (exact) mass is 1510 g/mol. The van der Waals surface area contributed by atoms with Gasteiger partial charge in [0.2, 0.25) is 0 Å². The van der Waals surface area contributed by atoms with E-state index < -0.39 is 126 Å². The summed E-state index contributed by atoms with van der Waals surface area (Å²) >= 11 is -25.2. The van der Waals surface area contributed by atoms with E-state index in [-0.39, 0.29) is 131 Å². The first-order valence-electron chi connectivity index (χ1n) is 3.29. The molecule has 0 aromatic carbocycles. The van der Waals surface area contributed by atoms with Crippen LogP contribution < -0.4 is 40.6 Å². The summed E-state index contributed by atoms with van der Waals surface area (Å²) in [6.45, 7) is 0. The zero-order valence-electron chi connectivity index (χ0n) is 14.3. The van der Waals surface area contributed by atoms with Gasteiger partial charge in [0, 0.05) is 0 Å². The van der Waals surface area contributed by atoms with Gasteiger partial charge in [0.25, 0.3) is 0 Å². The number of halogens is 6. The number of hydrogen-bond acceptors (Lipinski definition) is 18. The molecule has 0 atom stereocenters. The van der Waals surface area contributed by atoms with Crippen LogP contribution in [0.5, 0.6) is 0 Å². The van der Waals surface area contributed by atoms with E-state index in [9.17, 15) is 0 Å². The van der Waals surface area contributed by atoms with E-state index in [2.05, 4.69) is 0 Å². The summed E-state index contributed by atoms with van der Waals surface area (Å²) in [4.78, 5) is 0. The van der Waals surface area contributed by atoms with Crippen LogP contribution in [-0.2, 0) is 121 Å². The van der Waals surface area contributed by atoms with Gasteiger partial charge in [-0.15, -0.1) is 0 Å². The van der Waals surface area contributed by atoms with Crippen molar-refractivity contribution in [3.8, 4) is 0 Å². The van der Waals surface area contributed by atoms with Crippen molar-refractivity contribution in [2.75, 3.05) is 0 Å². The second-order valence-electron chi connectivity index (χ2n) is 1.34. The van der Waals surface area contributed by atoms with E-state index in [4.69, 9.17) is 58.7 Å². The number of rotatable bonds is 0. The van der Waals surface area contributed by atoms with Crippen LogP contribution in [0.3, 0.4) is 0 Å². The van der Waals surface area contributed by atoms with Gasteiger partial charge in [-0.1, -0.05) is 0 Å². The van der Waals surface area contributed by atoms with Gasteiger partial charge in [0.05, 0.1) is 0 Å². The molecule has 0 N–H and O–H groups in total. The molecule has 18 nitrogen and oxygen atoms in total. The molecule has 12 radical (unpaired) electrons. The summed E-state index contributed by atoms with van der Waals surface area (Å²) in [6.07, 6.45) is 0. The molecule has 0 saturated heterocycles. The van der Waals surface area contributed by atoms with E-state index in [0.29, 0.717) is 0 Å². The van der Waals surface area contributed by atoms with Crippen molar-refractivity contribution in [1.82, 2.24) is 0 Å². The molecule has 0 saturated carbocycles. The molecular formula is H6Cu6F6O18Sb6. The van der Waals surface area contributed by atoms with Crippen molar-refractivity contribution >= 4 is 126 Å². The Kier molecular flexibility index (Phi) is 388. The Labute approximate surface area is 309 Å². The van der Waals surface area contributed by atoms with E-state index in [1.807, 2.05) is 0 Å². The fraction of sp³-hybridized carbons (Fsp3) is 0. The number of hydrogen-bond donors (Lipinski definition) is 0. The van der Waals surface area contributed by atoms with Gasteiger partial charge in [0.15, 0.2) is 0 Å². The Bertz CT molecular complexity index is 296. The summed E-state index contributed by atoms with van der Waals surface area (Å²) in [5.41, 5.74) is 0. The average molecular weight is 1520 g/mol. The first-order chi connectivity index (χ1) is 10.4. The standard InChI is InChI=1S/6Cu.6FH.18O.6Sb/h;;;;;;6*1H;;;;;;;;;;;;;;;;;;;;;;;;/q6*+2;;;;;;;;;;;;;12*-1;;;;;;. The summed E-state index contributed by atoms with van der Waals surface area (Å²) in [5, 5.41) is 0. The molecule has 36 heteroatoms. The molecule has 0 heterocycles. The van der Waals surface area contributed by atoms with Crippen LogP contribution in [0, 0.1) is 0 Å². The second-order valence-corrected chi connectivity index (χ2v) is 9.00. The van der Waals surface area contributed by atoms with Gasteiger partial charge in [-0.25, -0.2) is 0 Å². The van der Waals surface area contributed by atoms with Crippen molar-refractivity contribution in [2.45, 2.75) is 0 Å². The molecule has 0 amide bonds. The molecule has 0 aliphatic heterocycles. The van der Waals surface area contributed by atoms with Crippen molar-refractivity contribution < 1.29 is 189 Å². The van der Waals surface area contributed by atoms with Crippen LogP contribution in [0.1, 0.15) is 0 Å². The molecule has 0 unspecified atom stereocenters. The SMILES string of the molecule is F.F.F.F.F.F.[Cu+2].[Cu+2].[Cu+2].[Cu+2].[Cu+2].[Cu+2].[O]=[Sb]([O-])[O-].[O]=[Sb]([O-])[O-].[O]=[Sb]([O-])[O-].[O]=[Sb]([O-])[O-].[O]=[Sb]([O-])[O-].[O]=[Sb]([O-])[O-]. The van der Waals surface area contributed by atoms with Gasteiger partial charge < -0.3 is 0 Å². The van der Waals surface area contributed by atoms with E-state index >= 15 is 0 Å². The maximum absolute atomic E-state index is 8.60. The average Bonchev–Trinajstić information content (AvgIpc) is 2.08. The molecular weight excluding hydrogens is 1510 g/mol. The first-order valence-corrected chi connectivity index (χ1v) is 22.0. The molecule has 36 heavy (non-hydrogen) atoms. The third-order valence-electron chi connectivity index (χ3n) is 0. The normalized spacial score (nSPS) is 4.33. The molecule has 0 aromatic rings. The predicted molar refractivity (Wildman–Crippen MR) is 53.7 cm³/mol. The summed E-state index contributed by atoms with van der Waals surface area (Å²) in [7, 11) is 0. The van der Waals surface area contributed by atoms with Crippen molar-refractivity contribution in [3.63, 3.8) is 0 Å². The maximum atomic E-state index is 8.60. The molecule has 0 rings (SSSR count). The predicted octanol–water partition coefficient (Wildman–Crippen LogP) is -16.4. The van der Waals surface area contributed by atoms with Crippen molar-refractivity contribution in [1.29, 1.82) is 0 Å². The quantitative estimate of drug-likeness (QED) is 0.161. The van der Waals surface area contributed by atoms with Crippen LogP contribution in [0.15, 0.2) is 0 Å². The Hall–Kier alpha value is 5.93. The molecule has 0 aliphatic carbocycles. The minimum absolute atomic E-state index is 0. The minimum atomic E-state index is -4.20. The fourth-order valence-corrected chi connectivity index (χ4v) is 0. The van der Waals surface area contributed by atoms with Crippen molar-refractivity contribution in [2.24, 2.45) is 0 Å². The van der Waals surface area contributed by atoms with Crippen LogP contribution >= 0.6 is 0 Å². The second kappa shape index (κ2) is 114. The van der Waals surface area contributed by atoms with Crippen molar-refractivity contribution in [3.05, 3.63) is 0 Å². The Morgan fingerprint density at radius 3 is 0.222 bits per heavy atom. The molecule has 252 valence electrons. The van der Waals surface area contributed by atoms with Crippen LogP contribution in [-0.4, -0.2) is 126 Å². The van der Waals surface area contributed by atoms with Gasteiger partial charge >= 0.3 is 287 Å². The fourth-order valence-electron chi connectivity index (χ4n) is 0. The van der Waals surface area contributed by atoms with E-state index in [1.165, 1.54) is 0 Å². The van der Waals surface area contributed by atoms with Crippen LogP contribution in [0.2, 0.25) is 0 Å². The van der Waals surface area contributed by atoms with Crippen LogP contribution in [0.25, 0.3) is 0 Å². The Morgan fingerprint density at radius 2 is 0.222 bits per heavy atom. The summed E-state index contributed by atoms with van der Waals surface area (Å²) in [6, 6.07) is 0. The van der Waals surface area contributed by atoms with Gasteiger partial charge in [-0.3, -0.25) is 28.2 Å².